The highest BCUT2D eigenvalue weighted by Gasteiger charge is 2.39. The third kappa shape index (κ3) is 2.43. The van der Waals surface area contributed by atoms with Gasteiger partial charge >= 0.3 is 0 Å². The van der Waals surface area contributed by atoms with Crippen LogP contribution < -0.4 is 0 Å². The number of benzene rings is 2. The summed E-state index contributed by atoms with van der Waals surface area (Å²) in [5, 5.41) is 0. The third-order valence-corrected chi connectivity index (χ3v) is 4.99. The summed E-state index contributed by atoms with van der Waals surface area (Å²) < 4.78 is 0. The Balaban J connectivity index is 2.17. The number of allylic oxidation sites excluding steroid dienone is 4. The van der Waals surface area contributed by atoms with Gasteiger partial charge in [0.25, 0.3) is 0 Å². The molecular weight excluding hydrogens is 264 g/mol. The highest BCUT2D eigenvalue weighted by molar-refractivity contribution is 5.46. The fourth-order valence-corrected chi connectivity index (χ4v) is 3.66. The van der Waals surface area contributed by atoms with E-state index in [2.05, 4.69) is 99.7 Å². The largest absolute Gasteiger partial charge is 0.0761 e. The highest BCUT2D eigenvalue weighted by Crippen LogP contribution is 2.46. The lowest BCUT2D eigenvalue weighted by atomic mass is 9.64. The van der Waals surface area contributed by atoms with E-state index < -0.39 is 0 Å². The monoisotopic (exact) mass is 288 g/mol. The summed E-state index contributed by atoms with van der Waals surface area (Å²) in [7, 11) is 0. The molecule has 22 heavy (non-hydrogen) atoms. The van der Waals surface area contributed by atoms with E-state index >= 15 is 0 Å². The van der Waals surface area contributed by atoms with Crippen molar-refractivity contribution < 1.29 is 0 Å². The Kier molecular flexibility index (Phi) is 4.02. The van der Waals surface area contributed by atoms with E-state index in [0.29, 0.717) is 11.8 Å². The molecule has 0 bridgehead atoms. The predicted octanol–water partition coefficient (Wildman–Crippen LogP) is 5.76. The Bertz CT molecular complexity index is 635. The zero-order chi connectivity index (χ0) is 15.6. The van der Waals surface area contributed by atoms with E-state index in [1.807, 2.05) is 0 Å². The van der Waals surface area contributed by atoms with Gasteiger partial charge in [-0.1, -0.05) is 105 Å². The molecule has 0 heterocycles. The molecule has 2 aromatic rings. The molecule has 112 valence electrons. The van der Waals surface area contributed by atoms with Crippen LogP contribution in [-0.2, 0) is 5.41 Å². The Hall–Kier alpha value is -2.08. The number of hydrogen-bond donors (Lipinski definition) is 0. The lowest BCUT2D eigenvalue weighted by Crippen LogP contribution is -2.34. The highest BCUT2D eigenvalue weighted by atomic mass is 14.4. The molecule has 1 aliphatic carbocycles. The Morgan fingerprint density at radius 2 is 1.32 bits per heavy atom. The van der Waals surface area contributed by atoms with Gasteiger partial charge in [0, 0.05) is 11.3 Å². The molecular formula is C22H24. The maximum atomic E-state index is 2.38. The van der Waals surface area contributed by atoms with Crippen LogP contribution in [0.5, 0.6) is 0 Å². The Morgan fingerprint density at radius 1 is 0.818 bits per heavy atom. The van der Waals surface area contributed by atoms with E-state index in [9.17, 15) is 0 Å². The van der Waals surface area contributed by atoms with Crippen LogP contribution in [0.3, 0.4) is 0 Å². The quantitative estimate of drug-likeness (QED) is 0.671. The van der Waals surface area contributed by atoms with E-state index in [0.717, 1.165) is 0 Å². The van der Waals surface area contributed by atoms with Crippen molar-refractivity contribution in [3.05, 3.63) is 95.6 Å². The number of hydrogen-bond acceptors (Lipinski definition) is 0. The lowest BCUT2D eigenvalue weighted by molar-refractivity contribution is 0.441. The minimum Gasteiger partial charge on any atom is -0.0761 e. The summed E-state index contributed by atoms with van der Waals surface area (Å²) in [5.41, 5.74) is 4.25. The normalized spacial score (nSPS) is 17.8. The summed E-state index contributed by atoms with van der Waals surface area (Å²) in [5.74, 6) is 0.976. The summed E-state index contributed by atoms with van der Waals surface area (Å²) in [6.45, 7) is 6.97. The van der Waals surface area contributed by atoms with Crippen molar-refractivity contribution in [3.8, 4) is 0 Å². The molecule has 0 amide bonds. The van der Waals surface area contributed by atoms with Gasteiger partial charge in [-0.15, -0.1) is 0 Å². The molecule has 0 nitrogen and oxygen atoms in total. The lowest BCUT2D eigenvalue weighted by Gasteiger charge is -2.39. The topological polar surface area (TPSA) is 0 Å². The van der Waals surface area contributed by atoms with E-state index in [4.69, 9.17) is 0 Å². The van der Waals surface area contributed by atoms with Crippen LogP contribution in [0.4, 0.5) is 0 Å². The average molecular weight is 288 g/mol. The van der Waals surface area contributed by atoms with Crippen molar-refractivity contribution in [1.82, 2.24) is 0 Å². The molecule has 1 aliphatic rings. The zero-order valence-electron chi connectivity index (χ0n) is 13.7. The van der Waals surface area contributed by atoms with E-state index in [-0.39, 0.29) is 5.41 Å². The second kappa shape index (κ2) is 5.96. The molecule has 0 spiro atoms. The number of rotatable bonds is 4. The van der Waals surface area contributed by atoms with Gasteiger partial charge in [0.2, 0.25) is 0 Å². The fourth-order valence-electron chi connectivity index (χ4n) is 3.66. The first-order valence-corrected chi connectivity index (χ1v) is 8.13. The average Bonchev–Trinajstić information content (AvgIpc) is 3.06. The summed E-state index contributed by atoms with van der Waals surface area (Å²) >= 11 is 0. The zero-order valence-corrected chi connectivity index (χ0v) is 13.7. The van der Waals surface area contributed by atoms with Gasteiger partial charge in [-0.2, -0.15) is 0 Å². The molecule has 0 aliphatic heterocycles. The van der Waals surface area contributed by atoms with Crippen molar-refractivity contribution >= 4 is 0 Å². The van der Waals surface area contributed by atoms with Crippen molar-refractivity contribution in [2.24, 2.45) is 11.8 Å². The summed E-state index contributed by atoms with van der Waals surface area (Å²) in [6, 6.07) is 21.8. The van der Waals surface area contributed by atoms with Crippen LogP contribution >= 0.6 is 0 Å². The second-order valence-corrected chi connectivity index (χ2v) is 6.62. The van der Waals surface area contributed by atoms with Gasteiger partial charge in [0.1, 0.15) is 0 Å². The van der Waals surface area contributed by atoms with E-state index in [1.54, 1.807) is 0 Å². The maximum absolute atomic E-state index is 2.38. The van der Waals surface area contributed by atoms with Crippen LogP contribution in [-0.4, -0.2) is 0 Å². The summed E-state index contributed by atoms with van der Waals surface area (Å²) in [6.07, 6.45) is 6.90. The van der Waals surface area contributed by atoms with Crippen LogP contribution in [0.25, 0.3) is 0 Å². The van der Waals surface area contributed by atoms with Gasteiger partial charge in [-0.3, -0.25) is 0 Å². The Morgan fingerprint density at radius 3 is 1.77 bits per heavy atom. The molecule has 2 aromatic carbocycles. The van der Waals surface area contributed by atoms with Crippen molar-refractivity contribution in [3.63, 3.8) is 0 Å². The van der Waals surface area contributed by atoms with Gasteiger partial charge in [0.15, 0.2) is 0 Å². The molecule has 0 fully saturated rings. The standard InChI is InChI=1S/C22H24/c1-17(2)20-15-10-16-21(20)22(3,18-11-6-4-7-12-18)19-13-8-5-9-14-19/h4-17,21H,1-3H3. The first-order valence-electron chi connectivity index (χ1n) is 8.13. The van der Waals surface area contributed by atoms with Gasteiger partial charge in [0.05, 0.1) is 0 Å². The van der Waals surface area contributed by atoms with Crippen LogP contribution in [0.2, 0.25) is 0 Å². The van der Waals surface area contributed by atoms with Crippen LogP contribution in [0.1, 0.15) is 31.9 Å². The second-order valence-electron chi connectivity index (χ2n) is 6.62. The molecule has 0 radical (unpaired) electrons. The van der Waals surface area contributed by atoms with E-state index in [1.165, 1.54) is 16.7 Å². The fraction of sp³-hybridized carbons (Fsp3) is 0.273. The molecule has 0 aromatic heterocycles. The van der Waals surface area contributed by atoms with Crippen LogP contribution in [0.15, 0.2) is 84.5 Å². The van der Waals surface area contributed by atoms with Gasteiger partial charge in [-0.25, -0.2) is 0 Å². The molecule has 0 saturated carbocycles. The first-order chi connectivity index (χ1) is 10.6. The SMILES string of the molecule is CC(C)C1=CC=CC1C(C)(c1ccccc1)c1ccccc1. The molecule has 0 heteroatoms. The van der Waals surface area contributed by atoms with Gasteiger partial charge in [-0.05, 0) is 17.0 Å². The maximum Gasteiger partial charge on any atom is 0.0274 e. The third-order valence-electron chi connectivity index (χ3n) is 4.99. The molecule has 3 rings (SSSR count). The predicted molar refractivity (Wildman–Crippen MR) is 94.9 cm³/mol. The first kappa shape index (κ1) is 14.8. The van der Waals surface area contributed by atoms with Gasteiger partial charge < -0.3 is 0 Å². The minimum atomic E-state index is -0.0361. The Labute approximate surface area is 134 Å². The van der Waals surface area contributed by atoms with Crippen molar-refractivity contribution in [2.45, 2.75) is 26.2 Å². The van der Waals surface area contributed by atoms with Crippen molar-refractivity contribution in [2.75, 3.05) is 0 Å². The summed E-state index contributed by atoms with van der Waals surface area (Å²) in [4.78, 5) is 0. The molecule has 1 atom stereocenters. The molecule has 0 saturated heterocycles. The molecule has 0 N–H and O–H groups in total. The smallest absolute Gasteiger partial charge is 0.0274 e. The molecule has 1 unspecified atom stereocenters. The van der Waals surface area contributed by atoms with Crippen molar-refractivity contribution in [1.29, 1.82) is 0 Å². The minimum absolute atomic E-state index is 0.0361. The van der Waals surface area contributed by atoms with Crippen LogP contribution in [0, 0.1) is 11.8 Å².